The topological polar surface area (TPSA) is 35.9 Å². The molecule has 2 heterocycles. The zero-order chi connectivity index (χ0) is 13.3. The first kappa shape index (κ1) is 15.2. The largest absolute Gasteiger partial charge is 0.396 e. The highest BCUT2D eigenvalue weighted by molar-refractivity contribution is 4.73. The molecule has 0 atom stereocenters. The second-order valence-electron chi connectivity index (χ2n) is 5.89. The number of hydrogen-bond donors (Lipinski definition) is 1. The lowest BCUT2D eigenvalue weighted by atomic mass is 10.1. The molecule has 4 nitrogen and oxygen atoms in total. The number of ether oxygens (including phenoxy) is 1. The van der Waals surface area contributed by atoms with Crippen molar-refractivity contribution in [3.63, 3.8) is 0 Å². The van der Waals surface area contributed by atoms with Gasteiger partial charge in [-0.3, -0.25) is 0 Å². The van der Waals surface area contributed by atoms with Crippen LogP contribution >= 0.6 is 0 Å². The third-order valence-electron chi connectivity index (χ3n) is 4.38. The van der Waals surface area contributed by atoms with Crippen LogP contribution in [0.25, 0.3) is 0 Å². The second-order valence-corrected chi connectivity index (χ2v) is 5.89. The number of piperidine rings is 1. The molecule has 0 radical (unpaired) electrons. The van der Waals surface area contributed by atoms with Gasteiger partial charge in [0.15, 0.2) is 0 Å². The average Bonchev–Trinajstić information content (AvgIpc) is 2.94. The molecule has 2 saturated heterocycles. The summed E-state index contributed by atoms with van der Waals surface area (Å²) in [6.07, 6.45) is 7.64. The summed E-state index contributed by atoms with van der Waals surface area (Å²) in [6.45, 7) is 8.38. The molecular formula is C15H30N2O2. The number of unbranched alkanes of at least 4 members (excludes halogenated alkanes) is 1. The fourth-order valence-corrected chi connectivity index (χ4v) is 3.10. The number of likely N-dealkylation sites (tertiary alicyclic amines) is 2. The van der Waals surface area contributed by atoms with E-state index in [1.165, 1.54) is 51.9 Å². The van der Waals surface area contributed by atoms with Crippen molar-refractivity contribution < 1.29 is 9.84 Å². The van der Waals surface area contributed by atoms with E-state index >= 15 is 0 Å². The Kier molecular flexibility index (Phi) is 7.14. The molecule has 1 N–H and O–H groups in total. The molecule has 0 aliphatic carbocycles. The fraction of sp³-hybridized carbons (Fsp3) is 1.00. The molecular weight excluding hydrogens is 240 g/mol. The molecule has 2 fully saturated rings. The lowest BCUT2D eigenvalue weighted by molar-refractivity contribution is -0.0000458. The average molecular weight is 270 g/mol. The highest BCUT2D eigenvalue weighted by atomic mass is 16.5. The maximum atomic E-state index is 8.78. The van der Waals surface area contributed by atoms with Crippen molar-refractivity contribution >= 4 is 0 Å². The van der Waals surface area contributed by atoms with Crippen LogP contribution in [0.2, 0.25) is 0 Å². The summed E-state index contributed by atoms with van der Waals surface area (Å²) in [7, 11) is 0. The van der Waals surface area contributed by atoms with Gasteiger partial charge in [-0.2, -0.15) is 0 Å². The Morgan fingerprint density at radius 3 is 2.26 bits per heavy atom. The van der Waals surface area contributed by atoms with Gasteiger partial charge in [0, 0.05) is 26.2 Å². The first-order valence-corrected chi connectivity index (χ1v) is 8.05. The van der Waals surface area contributed by atoms with Crippen molar-refractivity contribution in [1.82, 2.24) is 9.80 Å². The van der Waals surface area contributed by atoms with Crippen molar-refractivity contribution in [1.29, 1.82) is 0 Å². The van der Waals surface area contributed by atoms with E-state index in [1.54, 1.807) is 0 Å². The van der Waals surface area contributed by atoms with Crippen molar-refractivity contribution in [3.8, 4) is 0 Å². The quantitative estimate of drug-likeness (QED) is 0.675. The van der Waals surface area contributed by atoms with E-state index < -0.39 is 0 Å². The zero-order valence-corrected chi connectivity index (χ0v) is 12.2. The minimum atomic E-state index is 0.329. The number of nitrogens with zero attached hydrogens (tertiary/aromatic N) is 2. The van der Waals surface area contributed by atoms with E-state index in [0.29, 0.717) is 12.7 Å². The summed E-state index contributed by atoms with van der Waals surface area (Å²) in [6, 6.07) is 0. The highest BCUT2D eigenvalue weighted by Gasteiger charge is 2.19. The summed E-state index contributed by atoms with van der Waals surface area (Å²) in [4.78, 5) is 5.03. The molecule has 0 saturated carbocycles. The summed E-state index contributed by atoms with van der Waals surface area (Å²) in [5.41, 5.74) is 0. The lowest BCUT2D eigenvalue weighted by Gasteiger charge is -2.32. The van der Waals surface area contributed by atoms with E-state index in [-0.39, 0.29) is 0 Å². The number of aliphatic hydroxyl groups is 1. The second kappa shape index (κ2) is 8.90. The predicted molar refractivity (Wildman–Crippen MR) is 77.4 cm³/mol. The first-order chi connectivity index (χ1) is 9.38. The Labute approximate surface area is 117 Å². The van der Waals surface area contributed by atoms with Gasteiger partial charge in [0.1, 0.15) is 0 Å². The molecule has 0 aromatic carbocycles. The van der Waals surface area contributed by atoms with Crippen LogP contribution in [0.5, 0.6) is 0 Å². The first-order valence-electron chi connectivity index (χ1n) is 8.05. The monoisotopic (exact) mass is 270 g/mol. The number of rotatable bonds is 8. The molecule has 2 aliphatic rings. The Morgan fingerprint density at radius 1 is 0.895 bits per heavy atom. The van der Waals surface area contributed by atoms with Crippen molar-refractivity contribution in [3.05, 3.63) is 0 Å². The SMILES string of the molecule is OCCCCN1CCC(OCCN2CCCC2)CC1. The van der Waals surface area contributed by atoms with Gasteiger partial charge < -0.3 is 19.6 Å². The van der Waals surface area contributed by atoms with Gasteiger partial charge in [-0.25, -0.2) is 0 Å². The third kappa shape index (κ3) is 5.78. The molecule has 2 aliphatic heterocycles. The van der Waals surface area contributed by atoms with Crippen LogP contribution < -0.4 is 0 Å². The molecule has 112 valence electrons. The van der Waals surface area contributed by atoms with Crippen molar-refractivity contribution in [2.45, 2.75) is 44.6 Å². The van der Waals surface area contributed by atoms with Crippen LogP contribution in [0.3, 0.4) is 0 Å². The summed E-state index contributed by atoms with van der Waals surface area (Å²) >= 11 is 0. The van der Waals surface area contributed by atoms with E-state index in [0.717, 1.165) is 32.5 Å². The Hall–Kier alpha value is -0.160. The van der Waals surface area contributed by atoms with Crippen LogP contribution in [0, 0.1) is 0 Å². The van der Waals surface area contributed by atoms with Gasteiger partial charge >= 0.3 is 0 Å². The predicted octanol–water partition coefficient (Wildman–Crippen LogP) is 1.34. The Morgan fingerprint density at radius 2 is 1.58 bits per heavy atom. The minimum absolute atomic E-state index is 0.329. The Bertz CT molecular complexity index is 224. The van der Waals surface area contributed by atoms with Crippen LogP contribution in [0.1, 0.15) is 38.5 Å². The molecule has 0 bridgehead atoms. The van der Waals surface area contributed by atoms with E-state index in [4.69, 9.17) is 9.84 Å². The van der Waals surface area contributed by atoms with Crippen LogP contribution in [-0.4, -0.2) is 73.5 Å². The van der Waals surface area contributed by atoms with Gasteiger partial charge in [0.25, 0.3) is 0 Å². The molecule has 0 amide bonds. The highest BCUT2D eigenvalue weighted by Crippen LogP contribution is 2.14. The van der Waals surface area contributed by atoms with Crippen LogP contribution in [0.15, 0.2) is 0 Å². The van der Waals surface area contributed by atoms with E-state index in [1.807, 2.05) is 0 Å². The molecule has 4 heteroatoms. The third-order valence-corrected chi connectivity index (χ3v) is 4.38. The summed E-state index contributed by atoms with van der Waals surface area (Å²) in [5.74, 6) is 0. The smallest absolute Gasteiger partial charge is 0.0600 e. The maximum absolute atomic E-state index is 8.78. The molecule has 0 aromatic rings. The van der Waals surface area contributed by atoms with E-state index in [2.05, 4.69) is 9.80 Å². The fourth-order valence-electron chi connectivity index (χ4n) is 3.10. The molecule has 2 rings (SSSR count). The molecule has 0 spiro atoms. The lowest BCUT2D eigenvalue weighted by Crippen LogP contribution is -2.38. The molecule has 19 heavy (non-hydrogen) atoms. The van der Waals surface area contributed by atoms with Gasteiger partial charge in [-0.1, -0.05) is 0 Å². The normalized spacial score (nSPS) is 23.2. The van der Waals surface area contributed by atoms with Crippen LogP contribution in [-0.2, 0) is 4.74 Å². The van der Waals surface area contributed by atoms with Gasteiger partial charge in [0.05, 0.1) is 12.7 Å². The van der Waals surface area contributed by atoms with Gasteiger partial charge in [-0.05, 0) is 58.2 Å². The standard InChI is InChI=1S/C15H30N2O2/c18-13-4-3-9-17-10-5-15(6-11-17)19-14-12-16-7-1-2-8-16/h15,18H,1-14H2. The van der Waals surface area contributed by atoms with Crippen molar-refractivity contribution in [2.75, 3.05) is 52.5 Å². The van der Waals surface area contributed by atoms with Gasteiger partial charge in [-0.15, -0.1) is 0 Å². The molecule has 0 aromatic heterocycles. The summed E-state index contributed by atoms with van der Waals surface area (Å²) in [5, 5.41) is 8.78. The number of hydrogen-bond acceptors (Lipinski definition) is 4. The summed E-state index contributed by atoms with van der Waals surface area (Å²) < 4.78 is 6.01. The maximum Gasteiger partial charge on any atom is 0.0600 e. The molecule has 0 unspecified atom stereocenters. The zero-order valence-electron chi connectivity index (χ0n) is 12.2. The Balaban J connectivity index is 1.48. The minimum Gasteiger partial charge on any atom is -0.396 e. The van der Waals surface area contributed by atoms with Gasteiger partial charge in [0.2, 0.25) is 0 Å². The van der Waals surface area contributed by atoms with Crippen molar-refractivity contribution in [2.24, 2.45) is 0 Å². The van der Waals surface area contributed by atoms with E-state index in [9.17, 15) is 0 Å². The van der Waals surface area contributed by atoms with Crippen LogP contribution in [0.4, 0.5) is 0 Å². The number of aliphatic hydroxyl groups excluding tert-OH is 1.